The maximum Gasteiger partial charge on any atom is 0.186 e. The highest BCUT2D eigenvalue weighted by Crippen LogP contribution is 2.34. The first-order chi connectivity index (χ1) is 11.2. The molecule has 0 N–H and O–H groups in total. The third kappa shape index (κ3) is 3.18. The van der Waals surface area contributed by atoms with Gasteiger partial charge >= 0.3 is 0 Å². The molecule has 0 amide bonds. The number of rotatable bonds is 2. The first-order valence-corrected chi connectivity index (χ1v) is 9.02. The van der Waals surface area contributed by atoms with Gasteiger partial charge in [-0.05, 0) is 36.8 Å². The molecule has 1 aliphatic heterocycles. The van der Waals surface area contributed by atoms with E-state index in [1.54, 1.807) is 11.3 Å². The van der Waals surface area contributed by atoms with Gasteiger partial charge in [0.25, 0.3) is 0 Å². The molecule has 1 saturated heterocycles. The molecule has 3 nitrogen and oxygen atoms in total. The first-order valence-electron chi connectivity index (χ1n) is 7.83. The van der Waals surface area contributed by atoms with Gasteiger partial charge in [-0.3, -0.25) is 0 Å². The summed E-state index contributed by atoms with van der Waals surface area (Å²) in [4.78, 5) is 9.66. The molecule has 0 aliphatic carbocycles. The molecule has 2 aromatic carbocycles. The third-order valence-electron chi connectivity index (χ3n) is 4.41. The molecule has 0 unspecified atom stereocenters. The highest BCUT2D eigenvalue weighted by atomic mass is 35.5. The summed E-state index contributed by atoms with van der Waals surface area (Å²) in [7, 11) is 0. The molecular formula is C18H19Cl2N3S. The van der Waals surface area contributed by atoms with Gasteiger partial charge in [0, 0.05) is 36.9 Å². The Hall–Kier alpha value is -1.49. The molecule has 4 rings (SSSR count). The fourth-order valence-corrected chi connectivity index (χ4v) is 4.25. The lowest BCUT2D eigenvalue weighted by Gasteiger charge is -2.35. The van der Waals surface area contributed by atoms with Crippen LogP contribution in [0.15, 0.2) is 42.5 Å². The molecule has 6 heteroatoms. The molecule has 0 saturated carbocycles. The topological polar surface area (TPSA) is 19.4 Å². The van der Waals surface area contributed by atoms with Gasteiger partial charge in [-0.2, -0.15) is 0 Å². The Morgan fingerprint density at radius 2 is 1.62 bits per heavy atom. The summed E-state index contributed by atoms with van der Waals surface area (Å²) in [5.74, 6) is 0. The zero-order valence-electron chi connectivity index (χ0n) is 13.4. The number of hydrogen-bond acceptors (Lipinski definition) is 4. The summed E-state index contributed by atoms with van der Waals surface area (Å²) in [5.41, 5.74) is 3.43. The minimum absolute atomic E-state index is 0. The lowest BCUT2D eigenvalue weighted by atomic mass is 10.2. The molecule has 2 heterocycles. The van der Waals surface area contributed by atoms with Crippen molar-refractivity contribution in [1.82, 2.24) is 4.98 Å². The Bertz CT molecular complexity index is 827. The first kappa shape index (κ1) is 17.3. The van der Waals surface area contributed by atoms with E-state index in [0.717, 1.165) is 47.4 Å². The summed E-state index contributed by atoms with van der Waals surface area (Å²) < 4.78 is 1.22. The maximum absolute atomic E-state index is 6.21. The van der Waals surface area contributed by atoms with Crippen molar-refractivity contribution in [2.24, 2.45) is 0 Å². The van der Waals surface area contributed by atoms with E-state index >= 15 is 0 Å². The quantitative estimate of drug-likeness (QED) is 0.623. The molecule has 0 spiro atoms. The highest BCUT2D eigenvalue weighted by Gasteiger charge is 2.20. The Morgan fingerprint density at radius 3 is 2.33 bits per heavy atom. The lowest BCUT2D eigenvalue weighted by Crippen LogP contribution is -2.46. The van der Waals surface area contributed by atoms with Gasteiger partial charge in [0.05, 0.1) is 10.2 Å². The molecule has 3 aromatic rings. The van der Waals surface area contributed by atoms with Crippen LogP contribution >= 0.6 is 35.3 Å². The largest absolute Gasteiger partial charge is 0.368 e. The summed E-state index contributed by atoms with van der Waals surface area (Å²) in [6, 6.07) is 14.7. The van der Waals surface area contributed by atoms with E-state index in [4.69, 9.17) is 16.6 Å². The lowest BCUT2D eigenvalue weighted by molar-refractivity contribution is 0.652. The van der Waals surface area contributed by atoms with Crippen LogP contribution in [0.25, 0.3) is 10.2 Å². The summed E-state index contributed by atoms with van der Waals surface area (Å²) in [6.07, 6.45) is 0. The van der Waals surface area contributed by atoms with Crippen LogP contribution in [0, 0.1) is 6.92 Å². The van der Waals surface area contributed by atoms with Crippen LogP contribution in [-0.4, -0.2) is 31.2 Å². The second-order valence-corrected chi connectivity index (χ2v) is 7.24. The molecule has 1 aliphatic rings. The van der Waals surface area contributed by atoms with E-state index in [1.807, 2.05) is 13.0 Å². The molecular weight excluding hydrogens is 361 g/mol. The smallest absolute Gasteiger partial charge is 0.186 e. The number of nitrogens with zero attached hydrogens (tertiary/aromatic N) is 3. The van der Waals surface area contributed by atoms with Crippen molar-refractivity contribution in [2.75, 3.05) is 36.0 Å². The van der Waals surface area contributed by atoms with Gasteiger partial charge < -0.3 is 9.80 Å². The normalized spacial score (nSPS) is 14.8. The van der Waals surface area contributed by atoms with Gasteiger partial charge in [-0.1, -0.05) is 41.1 Å². The van der Waals surface area contributed by atoms with Gasteiger partial charge in [-0.25, -0.2) is 4.98 Å². The standard InChI is InChI=1S/C18H18ClN3S.ClH/c1-13-15(19)7-8-16-17(13)20-18(23-16)22-11-9-21(10-12-22)14-5-3-2-4-6-14;/h2-8H,9-12H2,1H3;1H. The molecule has 0 atom stereocenters. The van der Waals surface area contributed by atoms with Crippen LogP contribution < -0.4 is 9.80 Å². The van der Waals surface area contributed by atoms with Gasteiger partial charge in [0.15, 0.2) is 5.13 Å². The molecule has 1 aromatic heterocycles. The average Bonchev–Trinajstić information content (AvgIpc) is 3.04. The van der Waals surface area contributed by atoms with Crippen molar-refractivity contribution in [3.63, 3.8) is 0 Å². The van der Waals surface area contributed by atoms with E-state index in [9.17, 15) is 0 Å². The van der Waals surface area contributed by atoms with Crippen molar-refractivity contribution < 1.29 is 0 Å². The van der Waals surface area contributed by atoms with Crippen molar-refractivity contribution in [1.29, 1.82) is 0 Å². The number of piperazine rings is 1. The van der Waals surface area contributed by atoms with Crippen LogP contribution in [0.5, 0.6) is 0 Å². The summed E-state index contributed by atoms with van der Waals surface area (Å²) in [5, 5.41) is 1.90. The summed E-state index contributed by atoms with van der Waals surface area (Å²) >= 11 is 7.98. The number of para-hydroxylation sites is 1. The zero-order valence-corrected chi connectivity index (χ0v) is 15.8. The fourth-order valence-electron chi connectivity index (χ4n) is 3.02. The second kappa shape index (κ2) is 7.18. The third-order valence-corrected chi connectivity index (χ3v) is 5.90. The minimum Gasteiger partial charge on any atom is -0.368 e. The Labute approximate surface area is 157 Å². The number of aromatic nitrogens is 1. The van der Waals surface area contributed by atoms with Gasteiger partial charge in [-0.15, -0.1) is 12.4 Å². The summed E-state index contributed by atoms with van der Waals surface area (Å²) in [6.45, 7) is 6.10. The van der Waals surface area contributed by atoms with E-state index in [2.05, 4.69) is 46.2 Å². The fraction of sp³-hybridized carbons (Fsp3) is 0.278. The van der Waals surface area contributed by atoms with Gasteiger partial charge in [0.2, 0.25) is 0 Å². The maximum atomic E-state index is 6.21. The van der Waals surface area contributed by atoms with Crippen molar-refractivity contribution in [3.8, 4) is 0 Å². The highest BCUT2D eigenvalue weighted by molar-refractivity contribution is 7.22. The predicted octanol–water partition coefficient (Wildman–Crippen LogP) is 5.01. The zero-order chi connectivity index (χ0) is 15.8. The van der Waals surface area contributed by atoms with E-state index in [-0.39, 0.29) is 12.4 Å². The molecule has 126 valence electrons. The number of halogens is 2. The average molecular weight is 380 g/mol. The van der Waals surface area contributed by atoms with Crippen LogP contribution in [0.2, 0.25) is 5.02 Å². The molecule has 0 bridgehead atoms. The number of benzene rings is 2. The number of hydrogen-bond donors (Lipinski definition) is 0. The Morgan fingerprint density at radius 1 is 0.958 bits per heavy atom. The number of aryl methyl sites for hydroxylation is 1. The van der Waals surface area contributed by atoms with E-state index in [0.29, 0.717) is 0 Å². The van der Waals surface area contributed by atoms with Crippen molar-refractivity contribution in [3.05, 3.63) is 53.1 Å². The molecule has 24 heavy (non-hydrogen) atoms. The van der Waals surface area contributed by atoms with Crippen molar-refractivity contribution in [2.45, 2.75) is 6.92 Å². The number of fused-ring (bicyclic) bond motifs is 1. The predicted molar refractivity (Wildman–Crippen MR) is 107 cm³/mol. The minimum atomic E-state index is 0. The SMILES string of the molecule is Cc1c(Cl)ccc2sc(N3CCN(c4ccccc4)CC3)nc12.Cl. The van der Waals surface area contributed by atoms with Crippen LogP contribution in [0.1, 0.15) is 5.56 Å². The Balaban J connectivity index is 0.00000169. The molecule has 0 radical (unpaired) electrons. The Kier molecular flexibility index (Phi) is 5.18. The number of thiazole rings is 1. The number of anilines is 2. The monoisotopic (exact) mass is 379 g/mol. The van der Waals surface area contributed by atoms with Gasteiger partial charge in [0.1, 0.15) is 0 Å². The van der Waals surface area contributed by atoms with Crippen LogP contribution in [0.3, 0.4) is 0 Å². The van der Waals surface area contributed by atoms with E-state index in [1.165, 1.54) is 10.4 Å². The molecule has 1 fully saturated rings. The second-order valence-electron chi connectivity index (χ2n) is 5.83. The van der Waals surface area contributed by atoms with Crippen molar-refractivity contribution >= 4 is 56.4 Å². The van der Waals surface area contributed by atoms with Crippen LogP contribution in [0.4, 0.5) is 10.8 Å². The van der Waals surface area contributed by atoms with Crippen LogP contribution in [-0.2, 0) is 0 Å². The van der Waals surface area contributed by atoms with E-state index < -0.39 is 0 Å².